The lowest BCUT2D eigenvalue weighted by Crippen LogP contribution is -2.14. The van der Waals surface area contributed by atoms with Gasteiger partial charge in [0.25, 0.3) is 10.0 Å². The van der Waals surface area contributed by atoms with E-state index in [1.54, 1.807) is 31.3 Å². The molecule has 0 radical (unpaired) electrons. The molecule has 126 valence electrons. The molecule has 2 aromatic carbocycles. The summed E-state index contributed by atoms with van der Waals surface area (Å²) in [6, 6.07) is 11.0. The summed E-state index contributed by atoms with van der Waals surface area (Å²) in [7, 11) is -2.30. The number of sulfonamides is 1. The van der Waals surface area contributed by atoms with Crippen molar-refractivity contribution in [2.24, 2.45) is 7.05 Å². The molecule has 8 heteroatoms. The van der Waals surface area contributed by atoms with E-state index < -0.39 is 15.8 Å². The first kappa shape index (κ1) is 16.1. The van der Waals surface area contributed by atoms with E-state index in [2.05, 4.69) is 4.72 Å². The Balaban J connectivity index is 2.01. The summed E-state index contributed by atoms with van der Waals surface area (Å²) < 4.78 is 39.5. The van der Waals surface area contributed by atoms with E-state index >= 15 is 0 Å². The molecule has 0 aliphatic carbocycles. The van der Waals surface area contributed by atoms with Crippen LogP contribution in [0.2, 0.25) is 0 Å². The monoisotopic (exact) mass is 348 g/mol. The molecule has 0 spiro atoms. The number of anilines is 1. The molecule has 0 fully saturated rings. The third kappa shape index (κ3) is 2.88. The Kier molecular flexibility index (Phi) is 4.06. The van der Waals surface area contributed by atoms with Crippen LogP contribution < -0.4 is 15.2 Å². The highest BCUT2D eigenvalue weighted by Gasteiger charge is 2.18. The van der Waals surface area contributed by atoms with Crippen LogP contribution in [0.4, 0.5) is 5.69 Å². The molecular weight excluding hydrogens is 332 g/mol. The third-order valence-corrected chi connectivity index (χ3v) is 4.87. The van der Waals surface area contributed by atoms with Crippen LogP contribution in [0.25, 0.3) is 11.1 Å². The van der Waals surface area contributed by atoms with Crippen molar-refractivity contribution in [3.05, 3.63) is 53.0 Å². The molecule has 0 unspecified atom stereocenters. The Morgan fingerprint density at radius 3 is 2.71 bits per heavy atom. The Labute approximate surface area is 138 Å². The van der Waals surface area contributed by atoms with Crippen molar-refractivity contribution in [1.82, 2.24) is 4.57 Å². The maximum absolute atomic E-state index is 12.6. The van der Waals surface area contributed by atoms with Gasteiger partial charge in [0.1, 0.15) is 5.75 Å². The van der Waals surface area contributed by atoms with Gasteiger partial charge in [0.05, 0.1) is 22.7 Å². The summed E-state index contributed by atoms with van der Waals surface area (Å²) in [6.45, 7) is 2.23. The lowest BCUT2D eigenvalue weighted by molar-refractivity contribution is 0.342. The molecule has 0 amide bonds. The zero-order chi connectivity index (χ0) is 17.3. The second-order valence-corrected chi connectivity index (χ2v) is 6.77. The normalized spacial score (nSPS) is 11.6. The van der Waals surface area contributed by atoms with Gasteiger partial charge in [-0.3, -0.25) is 9.29 Å². The molecule has 1 heterocycles. The number of aryl methyl sites for hydroxylation is 1. The predicted octanol–water partition coefficient (Wildman–Crippen LogP) is 2.33. The summed E-state index contributed by atoms with van der Waals surface area (Å²) >= 11 is 0. The van der Waals surface area contributed by atoms with Gasteiger partial charge in [-0.05, 0) is 31.2 Å². The first-order valence-electron chi connectivity index (χ1n) is 7.26. The number of rotatable bonds is 5. The number of para-hydroxylation sites is 2. The molecule has 0 saturated heterocycles. The molecule has 24 heavy (non-hydrogen) atoms. The van der Waals surface area contributed by atoms with E-state index in [1.165, 1.54) is 22.8 Å². The number of fused-ring (bicyclic) bond motifs is 1. The molecule has 1 aromatic heterocycles. The van der Waals surface area contributed by atoms with Gasteiger partial charge in [-0.1, -0.05) is 12.1 Å². The van der Waals surface area contributed by atoms with Gasteiger partial charge in [-0.15, -0.1) is 0 Å². The third-order valence-electron chi connectivity index (χ3n) is 3.51. The number of hydrogen-bond acceptors (Lipinski definition) is 5. The summed E-state index contributed by atoms with van der Waals surface area (Å²) in [4.78, 5) is 11.5. The van der Waals surface area contributed by atoms with E-state index in [0.717, 1.165) is 0 Å². The number of nitrogens with zero attached hydrogens (tertiary/aromatic N) is 1. The van der Waals surface area contributed by atoms with Crippen molar-refractivity contribution in [3.63, 3.8) is 0 Å². The molecule has 3 rings (SSSR count). The van der Waals surface area contributed by atoms with E-state index in [4.69, 9.17) is 9.15 Å². The number of hydrogen-bond donors (Lipinski definition) is 1. The minimum absolute atomic E-state index is 0.00403. The lowest BCUT2D eigenvalue weighted by atomic mass is 10.3. The van der Waals surface area contributed by atoms with Gasteiger partial charge in [-0.2, -0.15) is 0 Å². The highest BCUT2D eigenvalue weighted by molar-refractivity contribution is 7.92. The number of benzene rings is 2. The minimum atomic E-state index is -3.85. The zero-order valence-corrected chi connectivity index (χ0v) is 14.0. The number of ether oxygens (including phenoxy) is 1. The standard InChI is InChI=1S/C16H16N2O5S/c1-3-22-14-7-5-4-6-12(14)17-24(20,21)11-8-9-13-15(10-11)23-16(19)18(13)2/h4-10,17H,3H2,1-2H3. The Morgan fingerprint density at radius 2 is 1.96 bits per heavy atom. The number of nitrogens with one attached hydrogen (secondary N) is 1. The molecule has 1 N–H and O–H groups in total. The molecule has 0 aliphatic heterocycles. The van der Waals surface area contributed by atoms with Crippen molar-refractivity contribution in [2.75, 3.05) is 11.3 Å². The summed E-state index contributed by atoms with van der Waals surface area (Å²) in [5.41, 5.74) is 1.08. The minimum Gasteiger partial charge on any atom is -0.492 e. The molecule has 0 bridgehead atoms. The topological polar surface area (TPSA) is 90.5 Å². The summed E-state index contributed by atoms with van der Waals surface area (Å²) in [5.74, 6) is -0.106. The van der Waals surface area contributed by atoms with Gasteiger partial charge < -0.3 is 9.15 Å². The van der Waals surface area contributed by atoms with Crippen molar-refractivity contribution >= 4 is 26.8 Å². The Morgan fingerprint density at radius 1 is 1.21 bits per heavy atom. The van der Waals surface area contributed by atoms with Crippen LogP contribution in [0.5, 0.6) is 5.75 Å². The molecule has 3 aromatic rings. The van der Waals surface area contributed by atoms with Gasteiger partial charge in [0.15, 0.2) is 5.58 Å². The highest BCUT2D eigenvalue weighted by Crippen LogP contribution is 2.27. The fourth-order valence-corrected chi connectivity index (χ4v) is 3.40. The van der Waals surface area contributed by atoms with Crippen molar-refractivity contribution < 1.29 is 17.6 Å². The van der Waals surface area contributed by atoms with Crippen molar-refractivity contribution in [2.45, 2.75) is 11.8 Å². The second kappa shape index (κ2) is 6.04. The molecule has 0 aliphatic rings. The number of aromatic nitrogens is 1. The first-order valence-corrected chi connectivity index (χ1v) is 8.75. The Hall–Kier alpha value is -2.74. The summed E-state index contributed by atoms with van der Waals surface area (Å²) in [5, 5.41) is 0. The lowest BCUT2D eigenvalue weighted by Gasteiger charge is -2.12. The van der Waals surface area contributed by atoms with Gasteiger partial charge >= 0.3 is 5.76 Å². The maximum atomic E-state index is 12.6. The van der Waals surface area contributed by atoms with Crippen LogP contribution in [0, 0.1) is 0 Å². The first-order chi connectivity index (χ1) is 11.4. The highest BCUT2D eigenvalue weighted by atomic mass is 32.2. The quantitative estimate of drug-likeness (QED) is 0.764. The molecule has 7 nitrogen and oxygen atoms in total. The van der Waals surface area contributed by atoms with Crippen LogP contribution in [-0.4, -0.2) is 19.6 Å². The van der Waals surface area contributed by atoms with Crippen LogP contribution >= 0.6 is 0 Å². The second-order valence-electron chi connectivity index (χ2n) is 5.09. The predicted molar refractivity (Wildman–Crippen MR) is 89.9 cm³/mol. The smallest absolute Gasteiger partial charge is 0.419 e. The van der Waals surface area contributed by atoms with E-state index in [0.29, 0.717) is 23.6 Å². The maximum Gasteiger partial charge on any atom is 0.419 e. The van der Waals surface area contributed by atoms with Crippen molar-refractivity contribution in [1.29, 1.82) is 0 Å². The fourth-order valence-electron chi connectivity index (χ4n) is 2.32. The van der Waals surface area contributed by atoms with Gasteiger partial charge in [0.2, 0.25) is 0 Å². The SMILES string of the molecule is CCOc1ccccc1NS(=O)(=O)c1ccc2c(c1)oc(=O)n2C. The van der Waals surface area contributed by atoms with Crippen LogP contribution in [-0.2, 0) is 17.1 Å². The average molecular weight is 348 g/mol. The molecule has 0 atom stereocenters. The van der Waals surface area contributed by atoms with E-state index in [1.807, 2.05) is 6.92 Å². The van der Waals surface area contributed by atoms with E-state index in [9.17, 15) is 13.2 Å². The van der Waals surface area contributed by atoms with Gasteiger partial charge in [0, 0.05) is 13.1 Å². The Bertz CT molecular complexity index is 1050. The van der Waals surface area contributed by atoms with Crippen LogP contribution in [0.3, 0.4) is 0 Å². The number of oxazole rings is 1. The average Bonchev–Trinajstić information content (AvgIpc) is 2.83. The van der Waals surface area contributed by atoms with Gasteiger partial charge in [-0.25, -0.2) is 13.2 Å². The van der Waals surface area contributed by atoms with Crippen LogP contribution in [0.1, 0.15) is 6.92 Å². The van der Waals surface area contributed by atoms with E-state index in [-0.39, 0.29) is 10.5 Å². The van der Waals surface area contributed by atoms with Crippen LogP contribution in [0.15, 0.2) is 56.6 Å². The van der Waals surface area contributed by atoms with Crippen molar-refractivity contribution in [3.8, 4) is 5.75 Å². The zero-order valence-electron chi connectivity index (χ0n) is 13.1. The fraction of sp³-hybridized carbons (Fsp3) is 0.188. The largest absolute Gasteiger partial charge is 0.492 e. The summed E-state index contributed by atoms with van der Waals surface area (Å²) in [6.07, 6.45) is 0. The molecular formula is C16H16N2O5S. The molecule has 0 saturated carbocycles.